The summed E-state index contributed by atoms with van der Waals surface area (Å²) in [5.41, 5.74) is 2.34. The Labute approximate surface area is 188 Å². The molecule has 4 rings (SSSR count). The van der Waals surface area contributed by atoms with Crippen LogP contribution in [0, 0.1) is 13.8 Å². The number of nitrogens with zero attached hydrogens (tertiary/aromatic N) is 5. The van der Waals surface area contributed by atoms with Crippen molar-refractivity contribution in [3.63, 3.8) is 0 Å². The first kappa shape index (κ1) is 21.9. The number of sulfonamides is 1. The average Bonchev–Trinajstić information content (AvgIpc) is 3.40. The second-order valence-corrected chi connectivity index (χ2v) is 10.7. The van der Waals surface area contributed by atoms with Crippen molar-refractivity contribution < 1.29 is 12.8 Å². The lowest BCUT2D eigenvalue weighted by Crippen LogP contribution is -2.11. The fourth-order valence-electron chi connectivity index (χ4n) is 3.23. The van der Waals surface area contributed by atoms with Gasteiger partial charge in [0.05, 0.1) is 32.4 Å². The summed E-state index contributed by atoms with van der Waals surface area (Å²) in [5, 5.41) is 15.0. The maximum absolute atomic E-state index is 11.7. The first-order valence-electron chi connectivity index (χ1n) is 9.69. The smallest absolute Gasteiger partial charge is 0.277 e. The van der Waals surface area contributed by atoms with Gasteiger partial charge in [0, 0.05) is 6.54 Å². The molecular formula is C19H22N6O3S3. The van der Waals surface area contributed by atoms with Crippen molar-refractivity contribution in [2.75, 3.05) is 0 Å². The van der Waals surface area contributed by atoms with Gasteiger partial charge in [0.25, 0.3) is 11.1 Å². The number of hydrogen-bond donors (Lipinski definition) is 1. The highest BCUT2D eigenvalue weighted by molar-refractivity contribution is 7.98. The molecule has 0 unspecified atom stereocenters. The quantitative estimate of drug-likeness (QED) is 0.377. The Morgan fingerprint density at radius 3 is 2.71 bits per heavy atom. The molecule has 2 N–H and O–H groups in total. The number of imidazole rings is 1. The molecule has 4 aromatic rings. The van der Waals surface area contributed by atoms with Gasteiger partial charge in [-0.05, 0) is 38.5 Å². The normalized spacial score (nSPS) is 12.1. The molecule has 31 heavy (non-hydrogen) atoms. The molecule has 0 saturated carbocycles. The standard InChI is InChI=1S/C19H22N6O3S3/c1-4-5-8-25-15-7-6-13(31(20,26)27)9-14(15)22-16(25)10-29-19-24-23-18(28-19)17-11(2)21-12(3)30-17/h6-7,9H,4-5,8,10H2,1-3H3,(H2,20,26,27). The van der Waals surface area contributed by atoms with E-state index in [-0.39, 0.29) is 4.90 Å². The van der Waals surface area contributed by atoms with E-state index in [9.17, 15) is 8.42 Å². The Kier molecular flexibility index (Phi) is 6.15. The van der Waals surface area contributed by atoms with Crippen molar-refractivity contribution in [3.8, 4) is 10.8 Å². The molecule has 0 amide bonds. The summed E-state index contributed by atoms with van der Waals surface area (Å²) in [6.45, 7) is 6.76. The van der Waals surface area contributed by atoms with Crippen LogP contribution in [0.3, 0.4) is 0 Å². The molecule has 3 aromatic heterocycles. The molecule has 0 saturated heterocycles. The number of rotatable bonds is 8. The second-order valence-electron chi connectivity index (χ2n) is 7.04. The maximum atomic E-state index is 11.7. The zero-order chi connectivity index (χ0) is 22.2. The molecule has 0 aliphatic carbocycles. The van der Waals surface area contributed by atoms with Crippen LogP contribution < -0.4 is 5.14 Å². The van der Waals surface area contributed by atoms with E-state index in [0.29, 0.717) is 22.4 Å². The number of thioether (sulfide) groups is 1. The van der Waals surface area contributed by atoms with Gasteiger partial charge in [0.2, 0.25) is 10.0 Å². The highest BCUT2D eigenvalue weighted by atomic mass is 32.2. The van der Waals surface area contributed by atoms with Crippen LogP contribution in [0.4, 0.5) is 0 Å². The average molecular weight is 479 g/mol. The number of nitrogens with two attached hydrogens (primary N) is 1. The maximum Gasteiger partial charge on any atom is 0.277 e. The lowest BCUT2D eigenvalue weighted by atomic mass is 10.3. The summed E-state index contributed by atoms with van der Waals surface area (Å²) < 4.78 is 31.3. The molecule has 0 atom stereocenters. The van der Waals surface area contributed by atoms with Crippen molar-refractivity contribution in [1.82, 2.24) is 24.7 Å². The van der Waals surface area contributed by atoms with Crippen LogP contribution >= 0.6 is 23.1 Å². The van der Waals surface area contributed by atoms with Gasteiger partial charge in [-0.2, -0.15) is 0 Å². The molecule has 164 valence electrons. The van der Waals surface area contributed by atoms with E-state index in [0.717, 1.165) is 46.3 Å². The fourth-order valence-corrected chi connectivity index (χ4v) is 5.31. The minimum Gasteiger partial charge on any atom is -0.410 e. The van der Waals surface area contributed by atoms with Crippen LogP contribution in [-0.2, 0) is 22.3 Å². The van der Waals surface area contributed by atoms with Crippen LogP contribution in [0.2, 0.25) is 0 Å². The third kappa shape index (κ3) is 4.66. The monoisotopic (exact) mass is 478 g/mol. The van der Waals surface area contributed by atoms with Gasteiger partial charge in [-0.3, -0.25) is 0 Å². The number of primary sulfonamides is 1. The van der Waals surface area contributed by atoms with Gasteiger partial charge in [0.15, 0.2) is 0 Å². The highest BCUT2D eigenvalue weighted by Gasteiger charge is 2.18. The molecular weight excluding hydrogens is 456 g/mol. The molecule has 0 fully saturated rings. The minimum atomic E-state index is -3.79. The number of fused-ring (bicyclic) bond motifs is 1. The van der Waals surface area contributed by atoms with E-state index in [2.05, 4.69) is 31.7 Å². The molecule has 1 aromatic carbocycles. The lowest BCUT2D eigenvalue weighted by molar-refractivity contribution is 0.466. The van der Waals surface area contributed by atoms with Crippen LogP contribution in [0.1, 0.15) is 36.3 Å². The number of aryl methyl sites for hydroxylation is 3. The summed E-state index contributed by atoms with van der Waals surface area (Å²) in [4.78, 5) is 9.99. The van der Waals surface area contributed by atoms with Crippen LogP contribution in [0.5, 0.6) is 0 Å². The van der Waals surface area contributed by atoms with E-state index in [1.807, 2.05) is 13.8 Å². The molecule has 12 heteroatoms. The first-order valence-corrected chi connectivity index (χ1v) is 13.0. The van der Waals surface area contributed by atoms with E-state index in [1.54, 1.807) is 6.07 Å². The van der Waals surface area contributed by atoms with Gasteiger partial charge in [-0.25, -0.2) is 23.5 Å². The Morgan fingerprint density at radius 2 is 2.03 bits per heavy atom. The van der Waals surface area contributed by atoms with Crippen molar-refractivity contribution in [3.05, 3.63) is 34.7 Å². The van der Waals surface area contributed by atoms with E-state index < -0.39 is 10.0 Å². The molecule has 0 radical (unpaired) electrons. The van der Waals surface area contributed by atoms with Crippen LogP contribution in [-0.4, -0.2) is 33.2 Å². The van der Waals surface area contributed by atoms with E-state index in [4.69, 9.17) is 9.56 Å². The summed E-state index contributed by atoms with van der Waals surface area (Å²) in [5.74, 6) is 1.78. The lowest BCUT2D eigenvalue weighted by Gasteiger charge is -2.07. The first-order chi connectivity index (χ1) is 14.8. The van der Waals surface area contributed by atoms with E-state index in [1.165, 1.54) is 35.2 Å². The van der Waals surface area contributed by atoms with E-state index >= 15 is 0 Å². The summed E-state index contributed by atoms with van der Waals surface area (Å²) >= 11 is 2.91. The zero-order valence-electron chi connectivity index (χ0n) is 17.3. The van der Waals surface area contributed by atoms with Gasteiger partial charge in [0.1, 0.15) is 10.7 Å². The Morgan fingerprint density at radius 1 is 1.23 bits per heavy atom. The molecule has 9 nitrogen and oxygen atoms in total. The number of aromatic nitrogens is 5. The topological polar surface area (TPSA) is 130 Å². The largest absolute Gasteiger partial charge is 0.410 e. The summed E-state index contributed by atoms with van der Waals surface area (Å²) in [6, 6.07) is 4.79. The highest BCUT2D eigenvalue weighted by Crippen LogP contribution is 2.32. The summed E-state index contributed by atoms with van der Waals surface area (Å²) in [6.07, 6.45) is 2.01. The van der Waals surface area contributed by atoms with Crippen LogP contribution in [0.15, 0.2) is 32.7 Å². The van der Waals surface area contributed by atoms with Gasteiger partial charge >= 0.3 is 0 Å². The minimum absolute atomic E-state index is 0.0520. The third-order valence-corrected chi connectivity index (χ3v) is 7.48. The Bertz CT molecular complexity index is 1340. The molecule has 0 aliphatic rings. The van der Waals surface area contributed by atoms with Gasteiger partial charge in [-0.15, -0.1) is 21.5 Å². The zero-order valence-corrected chi connectivity index (χ0v) is 19.8. The number of thiazole rings is 1. The van der Waals surface area contributed by atoms with Gasteiger partial charge < -0.3 is 8.98 Å². The van der Waals surface area contributed by atoms with Crippen molar-refractivity contribution in [2.45, 2.75) is 56.0 Å². The predicted octanol–water partition coefficient (Wildman–Crippen LogP) is 3.90. The van der Waals surface area contributed by atoms with Crippen LogP contribution in [0.25, 0.3) is 21.8 Å². The van der Waals surface area contributed by atoms with Gasteiger partial charge in [-0.1, -0.05) is 25.1 Å². The third-order valence-electron chi connectivity index (χ3n) is 4.69. The Hall–Kier alpha value is -2.28. The summed E-state index contributed by atoms with van der Waals surface area (Å²) in [7, 11) is -3.79. The fraction of sp³-hybridized carbons (Fsp3) is 0.368. The second kappa shape index (κ2) is 8.69. The number of hydrogen-bond acceptors (Lipinski definition) is 9. The molecule has 0 spiro atoms. The van der Waals surface area contributed by atoms with Crippen molar-refractivity contribution in [1.29, 1.82) is 0 Å². The molecule has 3 heterocycles. The number of unbranched alkanes of at least 4 members (excludes halogenated alkanes) is 1. The number of benzene rings is 1. The SMILES string of the molecule is CCCCn1c(CSc2nnc(-c3sc(C)nc3C)o2)nc2cc(S(N)(=O)=O)ccc21. The molecule has 0 aliphatic heterocycles. The van der Waals surface area contributed by atoms with Crippen molar-refractivity contribution >= 4 is 44.2 Å². The van der Waals surface area contributed by atoms with Crippen molar-refractivity contribution in [2.24, 2.45) is 5.14 Å². The molecule has 0 bridgehead atoms. The Balaban J connectivity index is 1.61. The predicted molar refractivity (Wildman–Crippen MR) is 120 cm³/mol.